The minimum absolute atomic E-state index is 0.00506. The van der Waals surface area contributed by atoms with Crippen molar-refractivity contribution in [2.24, 2.45) is 0 Å². The number of carbonyl (C=O) groups excluding carboxylic acids is 2. The van der Waals surface area contributed by atoms with Crippen LogP contribution in [0.1, 0.15) is 46.6 Å². The maximum atomic E-state index is 14.3. The van der Waals surface area contributed by atoms with E-state index in [1.54, 1.807) is 77.1 Å². The molecule has 0 radical (unpaired) electrons. The van der Waals surface area contributed by atoms with Crippen LogP contribution >= 0.6 is 11.8 Å². The summed E-state index contributed by atoms with van der Waals surface area (Å²) in [7, 11) is -3.81. The lowest BCUT2D eigenvalue weighted by Gasteiger charge is -2.29. The number of nitrogens with one attached hydrogen (secondary N) is 3. The monoisotopic (exact) mass is 686 g/mol. The van der Waals surface area contributed by atoms with E-state index in [2.05, 4.69) is 15.4 Å². The highest BCUT2D eigenvalue weighted by molar-refractivity contribution is 7.99. The molecule has 254 valence electrons. The molecule has 0 aromatic heterocycles. The number of nitrogens with zero attached hydrogens (tertiary/aromatic N) is 1. The summed E-state index contributed by atoms with van der Waals surface area (Å²) in [5.41, 5.74) is 1.08. The lowest BCUT2D eigenvalue weighted by Crippen LogP contribution is -2.52. The van der Waals surface area contributed by atoms with Gasteiger partial charge in [-0.1, -0.05) is 42.5 Å². The van der Waals surface area contributed by atoms with Crippen LogP contribution in [0.3, 0.4) is 0 Å². The number of hydrogen-bond acceptors (Lipinski definition) is 8. The van der Waals surface area contributed by atoms with E-state index in [-0.39, 0.29) is 42.0 Å². The number of rotatable bonds is 12. The molecule has 47 heavy (non-hydrogen) atoms. The Morgan fingerprint density at radius 3 is 2.40 bits per heavy atom. The van der Waals surface area contributed by atoms with Gasteiger partial charge < -0.3 is 25.7 Å². The number of anilines is 1. The Morgan fingerprint density at radius 2 is 1.74 bits per heavy atom. The van der Waals surface area contributed by atoms with Gasteiger partial charge >= 0.3 is 0 Å². The summed E-state index contributed by atoms with van der Waals surface area (Å²) in [5, 5.41) is 24.6. The maximum Gasteiger partial charge on any atom is 0.250 e. The third kappa shape index (κ3) is 9.84. The Bertz CT molecular complexity index is 1690. The van der Waals surface area contributed by atoms with Crippen LogP contribution in [0.2, 0.25) is 0 Å². The van der Waals surface area contributed by atoms with Crippen molar-refractivity contribution in [2.45, 2.75) is 80.6 Å². The molecule has 1 heterocycles. The van der Waals surface area contributed by atoms with Crippen LogP contribution in [-0.4, -0.2) is 72.6 Å². The first-order chi connectivity index (χ1) is 22.0. The molecule has 13 heteroatoms. The average Bonchev–Trinajstić information content (AvgIpc) is 3.11. The van der Waals surface area contributed by atoms with Crippen molar-refractivity contribution in [3.05, 3.63) is 78.1 Å². The average molecular weight is 687 g/mol. The van der Waals surface area contributed by atoms with Crippen LogP contribution in [0.25, 0.3) is 11.1 Å². The number of aliphatic hydroxyl groups is 2. The normalized spacial score (nSPS) is 16.4. The molecule has 0 saturated heterocycles. The van der Waals surface area contributed by atoms with E-state index in [9.17, 15) is 27.5 Å². The quantitative estimate of drug-likeness (QED) is 0.193. The third-order valence-corrected chi connectivity index (χ3v) is 10.3. The second-order valence-corrected chi connectivity index (χ2v) is 16.0. The lowest BCUT2D eigenvalue weighted by atomic mass is 9.99. The van der Waals surface area contributed by atoms with Gasteiger partial charge in [0.2, 0.25) is 15.9 Å². The molecule has 4 rings (SSSR count). The summed E-state index contributed by atoms with van der Waals surface area (Å²) in [6.45, 7) is 8.70. The van der Waals surface area contributed by atoms with E-state index in [0.29, 0.717) is 21.7 Å². The van der Waals surface area contributed by atoms with E-state index in [1.807, 2.05) is 12.1 Å². The minimum atomic E-state index is -3.81. The largest absolute Gasteiger partial charge is 0.394 e. The van der Waals surface area contributed by atoms with E-state index in [4.69, 9.17) is 5.11 Å². The third-order valence-electron chi connectivity index (χ3n) is 7.37. The van der Waals surface area contributed by atoms with Gasteiger partial charge in [-0.25, -0.2) is 17.5 Å². The molecule has 0 aliphatic carbocycles. The molecule has 3 aromatic carbocycles. The summed E-state index contributed by atoms with van der Waals surface area (Å²) < 4.78 is 43.4. The van der Waals surface area contributed by atoms with Gasteiger partial charge in [0.1, 0.15) is 11.9 Å². The predicted molar refractivity (Wildman–Crippen MR) is 182 cm³/mol. The first kappa shape index (κ1) is 36.5. The zero-order valence-corrected chi connectivity index (χ0v) is 28.8. The summed E-state index contributed by atoms with van der Waals surface area (Å²) in [4.78, 5) is 29.3. The van der Waals surface area contributed by atoms with Crippen molar-refractivity contribution in [3.8, 4) is 11.1 Å². The smallest absolute Gasteiger partial charge is 0.250 e. The Hall–Kier alpha value is -3.33. The fourth-order valence-corrected chi connectivity index (χ4v) is 7.93. The molecule has 2 atom stereocenters. The Balaban J connectivity index is 1.57. The zero-order chi connectivity index (χ0) is 34.6. The number of carbonyl (C=O) groups is 2. The highest BCUT2D eigenvalue weighted by atomic mass is 32.2. The number of halogens is 1. The first-order valence-corrected chi connectivity index (χ1v) is 17.7. The number of sulfonamides is 1. The first-order valence-electron chi connectivity index (χ1n) is 15.3. The molecule has 2 amide bonds. The molecular weight excluding hydrogens is 644 g/mol. The van der Waals surface area contributed by atoms with Gasteiger partial charge in [0.25, 0.3) is 5.91 Å². The van der Waals surface area contributed by atoms with Crippen molar-refractivity contribution in [1.82, 2.24) is 15.4 Å². The lowest BCUT2D eigenvalue weighted by molar-refractivity contribution is -0.128. The van der Waals surface area contributed by atoms with Gasteiger partial charge in [0, 0.05) is 40.3 Å². The number of amides is 2. The molecule has 0 spiro atoms. The van der Waals surface area contributed by atoms with E-state index >= 15 is 0 Å². The van der Waals surface area contributed by atoms with E-state index < -0.39 is 45.7 Å². The summed E-state index contributed by atoms with van der Waals surface area (Å²) >= 11 is 1.28. The van der Waals surface area contributed by atoms with Crippen LogP contribution in [0.5, 0.6) is 0 Å². The molecule has 0 saturated carbocycles. The van der Waals surface area contributed by atoms with Crippen molar-refractivity contribution in [2.75, 3.05) is 23.8 Å². The van der Waals surface area contributed by atoms with Crippen LogP contribution in [0.15, 0.2) is 76.5 Å². The van der Waals surface area contributed by atoms with Crippen LogP contribution in [0.4, 0.5) is 10.1 Å². The summed E-state index contributed by atoms with van der Waals surface area (Å²) in [6.07, 6.45) is -0.961. The van der Waals surface area contributed by atoms with Gasteiger partial charge in [-0.3, -0.25) is 9.59 Å². The second kappa shape index (κ2) is 14.8. The molecule has 1 aliphatic heterocycles. The summed E-state index contributed by atoms with van der Waals surface area (Å²) in [5.74, 6) is -0.980. The van der Waals surface area contributed by atoms with Crippen LogP contribution < -0.4 is 20.3 Å². The van der Waals surface area contributed by atoms with Gasteiger partial charge in [-0.2, -0.15) is 0 Å². The van der Waals surface area contributed by atoms with Crippen molar-refractivity contribution in [3.63, 3.8) is 0 Å². The predicted octanol–water partition coefficient (Wildman–Crippen LogP) is 3.80. The second-order valence-electron chi connectivity index (χ2n) is 13.3. The highest BCUT2D eigenvalue weighted by Gasteiger charge is 2.34. The van der Waals surface area contributed by atoms with E-state index in [0.717, 1.165) is 5.56 Å². The Labute approximate surface area is 280 Å². The standard InChI is InChI=1S/C34H43FN4O6S2/c1-33(2,3)38-47(44,45)30-9-7-6-8-26(30)23-12-10-22(11-13-23)19-39-28-15-14-24(35)16-29(28)46-21-27(32(39)43)37-31(42)17-34(4,5)36-18-25(41)20-40/h6-16,25,27,36,38,40-41H,17-21H2,1-5H3,(H,37,42)/t25-,27+/m0/s1. The Morgan fingerprint density at radius 1 is 1.06 bits per heavy atom. The minimum Gasteiger partial charge on any atom is -0.394 e. The number of thioether (sulfide) groups is 1. The van der Waals surface area contributed by atoms with Gasteiger partial charge in [-0.15, -0.1) is 11.8 Å². The SMILES string of the molecule is CC(C)(C)NS(=O)(=O)c1ccccc1-c1ccc(CN2C(=O)[C@H](NC(=O)CC(C)(C)NC[C@H](O)CO)CSc3cc(F)ccc32)cc1. The van der Waals surface area contributed by atoms with E-state index in [1.165, 1.54) is 28.8 Å². The number of benzene rings is 3. The van der Waals surface area contributed by atoms with Crippen LogP contribution in [0, 0.1) is 5.82 Å². The summed E-state index contributed by atoms with van der Waals surface area (Å²) in [6, 6.07) is 17.3. The maximum absolute atomic E-state index is 14.3. The number of fused-ring (bicyclic) bond motifs is 1. The molecule has 10 nitrogen and oxygen atoms in total. The van der Waals surface area contributed by atoms with Crippen molar-refractivity contribution >= 4 is 39.3 Å². The zero-order valence-electron chi connectivity index (χ0n) is 27.2. The van der Waals surface area contributed by atoms with Crippen LogP contribution in [-0.2, 0) is 26.2 Å². The Kier molecular flexibility index (Phi) is 11.5. The fraction of sp³-hybridized carbons (Fsp3) is 0.412. The molecule has 0 bridgehead atoms. The number of hydrogen-bond donors (Lipinski definition) is 5. The molecule has 0 unspecified atom stereocenters. The van der Waals surface area contributed by atoms with Crippen molar-refractivity contribution in [1.29, 1.82) is 0 Å². The molecule has 0 fully saturated rings. The van der Waals surface area contributed by atoms with Gasteiger partial charge in [-0.05, 0) is 70.0 Å². The highest BCUT2D eigenvalue weighted by Crippen LogP contribution is 2.36. The fourth-order valence-electron chi connectivity index (χ4n) is 5.18. The molecule has 3 aromatic rings. The number of β-amino-alcohol motifs (C(OH)–C–C–N with tert-alkyl or cyclic N) is 1. The number of aliphatic hydroxyl groups excluding tert-OH is 2. The van der Waals surface area contributed by atoms with Gasteiger partial charge in [0.05, 0.1) is 29.8 Å². The molecular formula is C34H43FN4O6S2. The topological polar surface area (TPSA) is 148 Å². The molecule has 1 aliphatic rings. The van der Waals surface area contributed by atoms with Gasteiger partial charge in [0.15, 0.2) is 0 Å². The molecule has 5 N–H and O–H groups in total. The van der Waals surface area contributed by atoms with Crippen molar-refractivity contribution < 1.29 is 32.6 Å².